The van der Waals surface area contributed by atoms with Crippen LogP contribution in [0.3, 0.4) is 0 Å². The topological polar surface area (TPSA) is 90.6 Å². The molecular weight excluding hydrogens is 1570 g/mol. The van der Waals surface area contributed by atoms with Gasteiger partial charge in [-0.25, -0.2) is 19.9 Å². The van der Waals surface area contributed by atoms with E-state index in [1.807, 2.05) is 73.1 Å². The Morgan fingerprint density at radius 2 is 0.535 bits per heavy atom. The van der Waals surface area contributed by atoms with Gasteiger partial charge in [0.15, 0.2) is 0 Å². The number of hydrogen-bond donors (Lipinski definition) is 0. The third kappa shape index (κ3) is 12.6. The minimum Gasteiger partial charge on any atom is -0.299 e. The Balaban J connectivity index is 0.000000105. The lowest BCUT2D eigenvalue weighted by molar-refractivity contribution is 1.16. The molecule has 0 saturated carbocycles. The van der Waals surface area contributed by atoms with Crippen molar-refractivity contribution in [1.29, 1.82) is 0 Å². The predicted molar refractivity (Wildman–Crippen MR) is 538 cm³/mol. The van der Waals surface area contributed by atoms with Crippen LogP contribution in [0, 0.1) is 0 Å². The zero-order chi connectivity index (χ0) is 85.0. The first kappa shape index (κ1) is 74.2. The summed E-state index contributed by atoms with van der Waals surface area (Å²) in [5, 5.41) is 27.7. The largest absolute Gasteiger partial charge is 0.299 e. The molecule has 0 amide bonds. The molecule has 9 nitrogen and oxygen atoms in total. The molecule has 0 radical (unpaired) electrons. The highest BCUT2D eigenvalue weighted by Gasteiger charge is 2.25. The summed E-state index contributed by atoms with van der Waals surface area (Å²) in [6, 6.07) is 153. The summed E-state index contributed by atoms with van der Waals surface area (Å²) in [5.41, 5.74) is 20.7. The second-order valence-electron chi connectivity index (χ2n) is 33.1. The normalized spacial score (nSPS) is 11.7. The molecule has 0 saturated heterocycles. The van der Waals surface area contributed by atoms with E-state index in [1.165, 1.54) is 135 Å². The fourth-order valence-electron chi connectivity index (χ4n) is 19.9. The summed E-state index contributed by atoms with van der Waals surface area (Å²) in [5.74, 6) is 2.72. The van der Waals surface area contributed by atoms with Crippen molar-refractivity contribution in [1.82, 2.24) is 43.1 Å². The second-order valence-corrected chi connectivity index (χ2v) is 33.1. The van der Waals surface area contributed by atoms with Crippen LogP contribution < -0.4 is 0 Å². The Morgan fingerprint density at radius 1 is 0.178 bits per heavy atom. The van der Waals surface area contributed by atoms with Crippen LogP contribution in [-0.4, -0.2) is 43.1 Å². The molecule has 0 unspecified atom stereocenters. The van der Waals surface area contributed by atoms with E-state index in [2.05, 4.69) is 406 Å². The number of nitrogens with zero attached hydrogens (tertiary/aromatic N) is 9. The quantitative estimate of drug-likeness (QED) is 0.134. The van der Waals surface area contributed by atoms with E-state index < -0.39 is 0 Å². The lowest BCUT2D eigenvalue weighted by Gasteiger charge is -2.15. The summed E-state index contributed by atoms with van der Waals surface area (Å²) in [7, 11) is 0. The van der Waals surface area contributed by atoms with Crippen LogP contribution in [0.1, 0.15) is 0 Å². The third-order valence-electron chi connectivity index (χ3n) is 25.9. The highest BCUT2D eigenvalue weighted by Crippen LogP contribution is 2.46. The van der Waals surface area contributed by atoms with Crippen LogP contribution in [0.4, 0.5) is 0 Å². The van der Waals surface area contributed by atoms with Crippen molar-refractivity contribution in [3.8, 4) is 102 Å². The maximum atomic E-state index is 5.35. The maximum absolute atomic E-state index is 5.35. The van der Waals surface area contributed by atoms with E-state index in [-0.39, 0.29) is 0 Å². The van der Waals surface area contributed by atoms with Crippen LogP contribution in [0.5, 0.6) is 0 Å². The first-order valence-corrected chi connectivity index (χ1v) is 43.8. The van der Waals surface area contributed by atoms with E-state index in [1.54, 1.807) is 0 Å². The Bertz CT molecular complexity index is 9120. The number of imidazole rings is 3. The average molecular weight is 1640 g/mol. The third-order valence-corrected chi connectivity index (χ3v) is 25.9. The smallest absolute Gasteiger partial charge is 0.146 e. The molecule has 9 aromatic heterocycles. The van der Waals surface area contributed by atoms with Crippen molar-refractivity contribution in [2.24, 2.45) is 0 Å². The fourth-order valence-corrected chi connectivity index (χ4v) is 19.9. The van der Waals surface area contributed by atoms with Gasteiger partial charge in [-0.15, -0.1) is 0 Å². The van der Waals surface area contributed by atoms with E-state index in [9.17, 15) is 0 Å². The van der Waals surface area contributed by atoms with Gasteiger partial charge in [0.05, 0.1) is 44.7 Å². The van der Waals surface area contributed by atoms with Gasteiger partial charge in [-0.05, 0) is 250 Å². The Hall–Kier alpha value is -17.4. The lowest BCUT2D eigenvalue weighted by Crippen LogP contribution is -1.94. The Morgan fingerprint density at radius 3 is 1.05 bits per heavy atom. The molecule has 0 aliphatic rings. The summed E-state index contributed by atoms with van der Waals surface area (Å²) in [6.07, 6.45) is 7.83. The maximum Gasteiger partial charge on any atom is 0.146 e. The molecular formula is C120H75N9. The molecule has 600 valence electrons. The van der Waals surface area contributed by atoms with Crippen LogP contribution in [0.15, 0.2) is 455 Å². The average Bonchev–Trinajstić information content (AvgIpc) is 1.72. The lowest BCUT2D eigenvalue weighted by atomic mass is 9.89. The number of pyridine rings is 6. The zero-order valence-corrected chi connectivity index (χ0v) is 69.8. The van der Waals surface area contributed by atoms with Crippen molar-refractivity contribution in [2.75, 3.05) is 0 Å². The predicted octanol–water partition coefficient (Wildman–Crippen LogP) is 31.0. The van der Waals surface area contributed by atoms with Crippen LogP contribution in [-0.2, 0) is 0 Å². The molecule has 0 fully saturated rings. The summed E-state index contributed by atoms with van der Waals surface area (Å²) >= 11 is 0. The van der Waals surface area contributed by atoms with Crippen LogP contribution in [0.25, 0.3) is 248 Å². The molecule has 0 N–H and O–H groups in total. The molecule has 0 atom stereocenters. The number of para-hydroxylation sites is 2. The van der Waals surface area contributed by atoms with Gasteiger partial charge < -0.3 is 0 Å². The zero-order valence-electron chi connectivity index (χ0n) is 69.8. The van der Waals surface area contributed by atoms with Crippen LogP contribution in [0.2, 0.25) is 0 Å². The van der Waals surface area contributed by atoms with E-state index in [0.717, 1.165) is 112 Å². The first-order valence-electron chi connectivity index (χ1n) is 43.8. The number of aromatic nitrogens is 9. The van der Waals surface area contributed by atoms with Gasteiger partial charge in [-0.1, -0.05) is 328 Å². The number of fused-ring (bicyclic) bond motifs is 25. The molecule has 27 rings (SSSR count). The van der Waals surface area contributed by atoms with Gasteiger partial charge in [-0.2, -0.15) is 0 Å². The molecule has 0 bridgehead atoms. The number of hydrogen-bond acceptors (Lipinski definition) is 6. The molecule has 18 aromatic carbocycles. The van der Waals surface area contributed by atoms with Gasteiger partial charge in [0.2, 0.25) is 0 Å². The summed E-state index contributed by atoms with van der Waals surface area (Å²) in [6.45, 7) is 0. The Labute approximate surface area is 741 Å². The van der Waals surface area contributed by atoms with Gasteiger partial charge in [0.25, 0.3) is 0 Å². The molecule has 9 heterocycles. The number of rotatable bonds is 9. The minimum atomic E-state index is 0.864. The monoisotopic (exact) mass is 1640 g/mol. The minimum absolute atomic E-state index is 0.864. The SMILES string of the molecule is c1cc(-c2ccc3c4ccccc4c4ccccc4c3c2)cc(-c2nc(-c3ccc4ccccc4n3)c3ccc4ccccc4n23)c1.c1ccc(-c2nc(-c3c(-c4ccc5c6ccccc6c6ccccc6c5c4)ccc4ccccc34)n3ccccc23)nc1.c1ccc(-c2nc(-c3cccc(-c4ccc5c6ccccc6c6ccccc6c5c4)c3)n3ccccc23)nc1. The Kier molecular flexibility index (Phi) is 17.7. The van der Waals surface area contributed by atoms with E-state index >= 15 is 0 Å². The van der Waals surface area contributed by atoms with Crippen molar-refractivity contribution >= 4 is 146 Å². The fraction of sp³-hybridized carbons (Fsp3) is 0. The summed E-state index contributed by atoms with van der Waals surface area (Å²) < 4.78 is 6.66. The van der Waals surface area contributed by atoms with Gasteiger partial charge in [0.1, 0.15) is 34.6 Å². The molecule has 0 spiro atoms. The highest BCUT2D eigenvalue weighted by molar-refractivity contribution is 6.29. The molecule has 0 aliphatic heterocycles. The van der Waals surface area contributed by atoms with Crippen molar-refractivity contribution in [3.63, 3.8) is 0 Å². The number of benzene rings is 18. The standard InChI is InChI=1S/C44H27N3.C40H25N3.C36H23N3/c1-7-18-39-28(10-1)21-24-40(45-39)43-42-25-22-29-11-2-8-19-41(29)47(42)44(46-43)32-13-9-12-30(26-32)31-20-23-37-35-16-4-3-14-33(35)34-15-5-6-17-36(34)38(37)27-31;1-2-12-28-26(11-1)19-21-29(38(28)40-42-39(36-17-7-9-23-41-36)37-18-8-10-24-43(37)40)27-20-22-34-32-15-4-3-13-30(32)31-14-5-6-16-33(31)35(34)25-27;1-2-14-29-27(12-1)28-13-3-4-15-30(28)32-23-25(18-19-31(29)32)24-10-9-11-26(22-24)36-38-35(33-16-5-7-20-37-33)34-17-6-8-21-39(34)36/h1-27H;1-25H;1-23H. The highest BCUT2D eigenvalue weighted by atomic mass is 15.1. The van der Waals surface area contributed by atoms with Gasteiger partial charge in [0, 0.05) is 46.9 Å². The molecule has 129 heavy (non-hydrogen) atoms. The molecule has 0 aliphatic carbocycles. The van der Waals surface area contributed by atoms with Crippen molar-refractivity contribution < 1.29 is 0 Å². The van der Waals surface area contributed by atoms with E-state index in [0.29, 0.717) is 0 Å². The van der Waals surface area contributed by atoms with Crippen LogP contribution >= 0.6 is 0 Å². The van der Waals surface area contributed by atoms with Gasteiger partial charge in [-0.3, -0.25) is 23.2 Å². The van der Waals surface area contributed by atoms with Crippen molar-refractivity contribution in [2.45, 2.75) is 0 Å². The first-order chi connectivity index (χ1) is 64.0. The molecule has 9 heteroatoms. The van der Waals surface area contributed by atoms with E-state index in [4.69, 9.17) is 19.9 Å². The summed E-state index contributed by atoms with van der Waals surface area (Å²) in [4.78, 5) is 30.0. The second kappa shape index (κ2) is 30.8. The van der Waals surface area contributed by atoms with Crippen molar-refractivity contribution in [3.05, 3.63) is 455 Å². The van der Waals surface area contributed by atoms with Gasteiger partial charge >= 0.3 is 0 Å². The molecule has 27 aromatic rings.